The molecule has 1 aliphatic heterocycles. The molecule has 1 heterocycles. The molecule has 0 radical (unpaired) electrons. The van der Waals surface area contributed by atoms with Crippen molar-refractivity contribution in [2.24, 2.45) is 0 Å². The van der Waals surface area contributed by atoms with Gasteiger partial charge in [0.05, 0.1) is 0 Å². The SMILES string of the molecule is C#CNC1CCN(C2CC2)CC1. The van der Waals surface area contributed by atoms with Gasteiger partial charge in [0.2, 0.25) is 0 Å². The number of rotatable bonds is 2. The molecule has 0 aromatic heterocycles. The number of hydrogen-bond donors (Lipinski definition) is 1. The van der Waals surface area contributed by atoms with Gasteiger partial charge in [0.25, 0.3) is 0 Å². The molecule has 0 spiro atoms. The molecule has 12 heavy (non-hydrogen) atoms. The molecule has 0 amide bonds. The summed E-state index contributed by atoms with van der Waals surface area (Å²) in [6.45, 7) is 2.48. The predicted octanol–water partition coefficient (Wildman–Crippen LogP) is 0.793. The molecule has 1 saturated heterocycles. The number of likely N-dealkylation sites (tertiary alicyclic amines) is 1. The summed E-state index contributed by atoms with van der Waals surface area (Å²) < 4.78 is 0. The maximum Gasteiger partial charge on any atom is 0.0364 e. The summed E-state index contributed by atoms with van der Waals surface area (Å²) in [5.74, 6) is 0. The van der Waals surface area contributed by atoms with E-state index in [2.05, 4.69) is 16.3 Å². The van der Waals surface area contributed by atoms with Crippen molar-refractivity contribution in [2.45, 2.75) is 37.8 Å². The Labute approximate surface area is 74.3 Å². The molecule has 1 saturated carbocycles. The Balaban J connectivity index is 1.73. The van der Waals surface area contributed by atoms with E-state index in [-0.39, 0.29) is 0 Å². The quantitative estimate of drug-likeness (QED) is 0.479. The Bertz CT molecular complexity index is 183. The van der Waals surface area contributed by atoms with Crippen LogP contribution in [0.5, 0.6) is 0 Å². The molecule has 2 nitrogen and oxygen atoms in total. The lowest BCUT2D eigenvalue weighted by atomic mass is 10.1. The first-order valence-electron chi connectivity index (χ1n) is 4.85. The van der Waals surface area contributed by atoms with Crippen LogP contribution in [0.2, 0.25) is 0 Å². The summed E-state index contributed by atoms with van der Waals surface area (Å²) >= 11 is 0. The molecule has 2 fully saturated rings. The fourth-order valence-electron chi connectivity index (χ4n) is 1.97. The van der Waals surface area contributed by atoms with E-state index in [0.717, 1.165) is 6.04 Å². The van der Waals surface area contributed by atoms with Gasteiger partial charge in [0.15, 0.2) is 0 Å². The third-order valence-corrected chi connectivity index (χ3v) is 2.88. The molecule has 2 rings (SSSR count). The van der Waals surface area contributed by atoms with Gasteiger partial charge in [-0.15, -0.1) is 0 Å². The van der Waals surface area contributed by atoms with Gasteiger partial charge in [-0.1, -0.05) is 6.42 Å². The third kappa shape index (κ3) is 1.73. The number of piperidine rings is 1. The largest absolute Gasteiger partial charge is 0.343 e. The zero-order chi connectivity index (χ0) is 8.39. The van der Waals surface area contributed by atoms with Gasteiger partial charge < -0.3 is 10.2 Å². The number of terminal acetylenes is 1. The lowest BCUT2D eigenvalue weighted by Gasteiger charge is -2.31. The molecule has 0 unspecified atom stereocenters. The second-order valence-corrected chi connectivity index (χ2v) is 3.83. The molecule has 2 heteroatoms. The maximum absolute atomic E-state index is 5.19. The first-order chi connectivity index (χ1) is 5.90. The Kier molecular flexibility index (Phi) is 2.23. The summed E-state index contributed by atoms with van der Waals surface area (Å²) in [6, 6.07) is 4.03. The third-order valence-electron chi connectivity index (χ3n) is 2.88. The topological polar surface area (TPSA) is 15.3 Å². The molecule has 0 atom stereocenters. The minimum absolute atomic E-state index is 0.574. The highest BCUT2D eigenvalue weighted by atomic mass is 15.2. The lowest BCUT2D eigenvalue weighted by molar-refractivity contribution is 0.197. The van der Waals surface area contributed by atoms with Crippen LogP contribution >= 0.6 is 0 Å². The van der Waals surface area contributed by atoms with E-state index in [1.807, 2.05) is 0 Å². The number of nitrogens with one attached hydrogen (secondary N) is 1. The van der Waals surface area contributed by atoms with Crippen molar-refractivity contribution < 1.29 is 0 Å². The standard InChI is InChI=1S/C10H16N2/c1-2-11-9-5-7-12(8-6-9)10-3-4-10/h1,9-11H,3-8H2. The van der Waals surface area contributed by atoms with Crippen molar-refractivity contribution >= 4 is 0 Å². The van der Waals surface area contributed by atoms with Crippen molar-refractivity contribution in [3.63, 3.8) is 0 Å². The van der Waals surface area contributed by atoms with E-state index in [9.17, 15) is 0 Å². The first kappa shape index (κ1) is 7.94. The summed E-state index contributed by atoms with van der Waals surface area (Å²) in [7, 11) is 0. The normalized spacial score (nSPS) is 26.6. The smallest absolute Gasteiger partial charge is 0.0364 e. The van der Waals surface area contributed by atoms with Crippen molar-refractivity contribution in [3.8, 4) is 12.5 Å². The first-order valence-corrected chi connectivity index (χ1v) is 4.85. The molecule has 1 N–H and O–H groups in total. The van der Waals surface area contributed by atoms with E-state index < -0.39 is 0 Å². The van der Waals surface area contributed by atoms with E-state index in [1.54, 1.807) is 0 Å². The fourth-order valence-corrected chi connectivity index (χ4v) is 1.97. The van der Waals surface area contributed by atoms with E-state index >= 15 is 0 Å². The van der Waals surface area contributed by atoms with Gasteiger partial charge in [-0.25, -0.2) is 0 Å². The van der Waals surface area contributed by atoms with Gasteiger partial charge in [-0.05, 0) is 25.7 Å². The average Bonchev–Trinajstić information content (AvgIpc) is 2.89. The minimum atomic E-state index is 0.574. The molecule has 0 bridgehead atoms. The summed E-state index contributed by atoms with van der Waals surface area (Å²) in [5, 5.41) is 3.07. The van der Waals surface area contributed by atoms with Crippen LogP contribution in [0.1, 0.15) is 25.7 Å². The van der Waals surface area contributed by atoms with Crippen molar-refractivity contribution in [1.82, 2.24) is 10.2 Å². The van der Waals surface area contributed by atoms with Crippen LogP contribution < -0.4 is 5.32 Å². The highest BCUT2D eigenvalue weighted by molar-refractivity contribution is 4.92. The van der Waals surface area contributed by atoms with E-state index in [1.165, 1.54) is 38.8 Å². The molecular formula is C10H16N2. The summed E-state index contributed by atoms with van der Waals surface area (Å²) in [5.41, 5.74) is 0. The monoisotopic (exact) mass is 164 g/mol. The second-order valence-electron chi connectivity index (χ2n) is 3.83. The summed E-state index contributed by atoms with van der Waals surface area (Å²) in [4.78, 5) is 2.61. The molecule has 2 aliphatic rings. The molecule has 1 aliphatic carbocycles. The highest BCUT2D eigenvalue weighted by Crippen LogP contribution is 2.29. The Morgan fingerprint density at radius 3 is 2.33 bits per heavy atom. The molecule has 0 aromatic rings. The predicted molar refractivity (Wildman–Crippen MR) is 49.6 cm³/mol. The second kappa shape index (κ2) is 3.37. The van der Waals surface area contributed by atoms with Gasteiger partial charge >= 0.3 is 0 Å². The van der Waals surface area contributed by atoms with Crippen LogP contribution in [0, 0.1) is 12.5 Å². The van der Waals surface area contributed by atoms with Gasteiger partial charge in [-0.3, -0.25) is 0 Å². The Morgan fingerprint density at radius 2 is 1.83 bits per heavy atom. The van der Waals surface area contributed by atoms with E-state index in [0.29, 0.717) is 6.04 Å². The molecule has 66 valence electrons. The van der Waals surface area contributed by atoms with Crippen molar-refractivity contribution in [2.75, 3.05) is 13.1 Å². The van der Waals surface area contributed by atoms with Crippen molar-refractivity contribution in [3.05, 3.63) is 0 Å². The van der Waals surface area contributed by atoms with Gasteiger partial charge in [0, 0.05) is 31.2 Å². The minimum Gasteiger partial charge on any atom is -0.343 e. The van der Waals surface area contributed by atoms with Gasteiger partial charge in [-0.2, -0.15) is 0 Å². The molecular weight excluding hydrogens is 148 g/mol. The number of nitrogens with zero attached hydrogens (tertiary/aromatic N) is 1. The Morgan fingerprint density at radius 1 is 1.17 bits per heavy atom. The maximum atomic E-state index is 5.19. The number of hydrogen-bond acceptors (Lipinski definition) is 2. The van der Waals surface area contributed by atoms with Crippen molar-refractivity contribution in [1.29, 1.82) is 0 Å². The Hall–Kier alpha value is -0.680. The van der Waals surface area contributed by atoms with Crippen LogP contribution in [-0.4, -0.2) is 30.1 Å². The zero-order valence-corrected chi connectivity index (χ0v) is 7.42. The van der Waals surface area contributed by atoms with Gasteiger partial charge in [0.1, 0.15) is 0 Å². The average molecular weight is 164 g/mol. The van der Waals surface area contributed by atoms with Crippen LogP contribution in [-0.2, 0) is 0 Å². The zero-order valence-electron chi connectivity index (χ0n) is 7.42. The van der Waals surface area contributed by atoms with E-state index in [4.69, 9.17) is 6.42 Å². The fraction of sp³-hybridized carbons (Fsp3) is 0.800. The van der Waals surface area contributed by atoms with Crippen LogP contribution in [0.25, 0.3) is 0 Å². The van der Waals surface area contributed by atoms with Crippen LogP contribution in [0.15, 0.2) is 0 Å². The van der Waals surface area contributed by atoms with Crippen LogP contribution in [0.3, 0.4) is 0 Å². The highest BCUT2D eigenvalue weighted by Gasteiger charge is 2.31. The summed E-state index contributed by atoms with van der Waals surface area (Å²) in [6.07, 6.45) is 10.5. The van der Waals surface area contributed by atoms with Crippen LogP contribution in [0.4, 0.5) is 0 Å². The lowest BCUT2D eigenvalue weighted by Crippen LogP contribution is -2.41. The molecule has 0 aromatic carbocycles.